The summed E-state index contributed by atoms with van der Waals surface area (Å²) in [6, 6.07) is 6.32. The minimum atomic E-state index is -1.10. The summed E-state index contributed by atoms with van der Waals surface area (Å²) in [7, 11) is 0. The molecule has 0 spiro atoms. The number of ether oxygens (including phenoxy) is 1. The van der Waals surface area contributed by atoms with E-state index in [1.54, 1.807) is 23.1 Å². The number of amides is 2. The second-order valence-corrected chi connectivity index (χ2v) is 6.81. The van der Waals surface area contributed by atoms with Gasteiger partial charge in [-0.1, -0.05) is 12.1 Å². The van der Waals surface area contributed by atoms with Crippen molar-refractivity contribution < 1.29 is 24.2 Å². The Morgan fingerprint density at radius 3 is 2.23 bits per heavy atom. The predicted molar refractivity (Wildman–Crippen MR) is 94.0 cm³/mol. The molecule has 26 heavy (non-hydrogen) atoms. The first kappa shape index (κ1) is 18.4. The van der Waals surface area contributed by atoms with Crippen LogP contribution in [0.4, 0.5) is 0 Å². The van der Waals surface area contributed by atoms with Crippen LogP contribution >= 0.6 is 0 Å². The lowest BCUT2D eigenvalue weighted by Gasteiger charge is -2.33. The molecule has 2 N–H and O–H groups in total. The first-order valence-corrected chi connectivity index (χ1v) is 9.06. The van der Waals surface area contributed by atoms with E-state index in [0.717, 1.165) is 12.8 Å². The van der Waals surface area contributed by atoms with Crippen molar-refractivity contribution in [3.05, 3.63) is 35.4 Å². The molecule has 0 atom stereocenters. The molecule has 0 aromatic heterocycles. The first-order chi connectivity index (χ1) is 12.6. The van der Waals surface area contributed by atoms with Gasteiger partial charge in [0.1, 0.15) is 0 Å². The normalized spacial score (nSPS) is 19.2. The fraction of sp³-hybridized carbons (Fsp3) is 0.526. The Balaban J connectivity index is 1.54. The molecule has 140 valence electrons. The van der Waals surface area contributed by atoms with Crippen LogP contribution in [0.15, 0.2) is 24.3 Å². The smallest absolute Gasteiger partial charge is 0.336 e. The topological polar surface area (TPSA) is 95.9 Å². The second-order valence-electron chi connectivity index (χ2n) is 6.81. The van der Waals surface area contributed by atoms with E-state index in [-0.39, 0.29) is 34.9 Å². The Labute approximate surface area is 152 Å². The monoisotopic (exact) mass is 360 g/mol. The maximum atomic E-state index is 12.7. The van der Waals surface area contributed by atoms with Crippen LogP contribution in [0.25, 0.3) is 0 Å². The van der Waals surface area contributed by atoms with Crippen molar-refractivity contribution in [1.29, 1.82) is 0 Å². The number of aromatic carboxylic acids is 1. The van der Waals surface area contributed by atoms with Gasteiger partial charge in [0.25, 0.3) is 5.91 Å². The minimum Gasteiger partial charge on any atom is -0.478 e. The Morgan fingerprint density at radius 1 is 1.00 bits per heavy atom. The second kappa shape index (κ2) is 8.31. The van der Waals surface area contributed by atoms with Crippen molar-refractivity contribution in [3.8, 4) is 0 Å². The highest BCUT2D eigenvalue weighted by Gasteiger charge is 2.29. The molecule has 7 nitrogen and oxygen atoms in total. The van der Waals surface area contributed by atoms with E-state index in [2.05, 4.69) is 5.32 Å². The lowest BCUT2D eigenvalue weighted by Crippen LogP contribution is -2.48. The molecular formula is C19H24N2O5. The van der Waals surface area contributed by atoms with Crippen molar-refractivity contribution in [2.24, 2.45) is 5.92 Å². The largest absolute Gasteiger partial charge is 0.478 e. The van der Waals surface area contributed by atoms with Crippen LogP contribution in [0.3, 0.4) is 0 Å². The summed E-state index contributed by atoms with van der Waals surface area (Å²) in [5.41, 5.74) is 0.233. The lowest BCUT2D eigenvalue weighted by atomic mass is 9.97. The number of nitrogens with zero attached hydrogens (tertiary/aromatic N) is 1. The summed E-state index contributed by atoms with van der Waals surface area (Å²) in [6.07, 6.45) is 2.87. The van der Waals surface area contributed by atoms with Gasteiger partial charge in [-0.2, -0.15) is 0 Å². The zero-order chi connectivity index (χ0) is 18.5. The highest BCUT2D eigenvalue weighted by atomic mass is 16.5. The number of nitrogens with one attached hydrogen (secondary N) is 1. The SMILES string of the molecule is O=C(O)c1ccccc1C(=O)N1CCC(NC(=O)C2CCOCC2)CC1. The van der Waals surface area contributed by atoms with Crippen molar-refractivity contribution in [3.63, 3.8) is 0 Å². The molecule has 2 aliphatic heterocycles. The maximum absolute atomic E-state index is 12.7. The lowest BCUT2D eigenvalue weighted by molar-refractivity contribution is -0.128. The van der Waals surface area contributed by atoms with E-state index in [1.807, 2.05) is 0 Å². The highest BCUT2D eigenvalue weighted by Crippen LogP contribution is 2.19. The summed E-state index contributed by atoms with van der Waals surface area (Å²) in [5, 5.41) is 12.3. The van der Waals surface area contributed by atoms with Gasteiger partial charge in [0.05, 0.1) is 11.1 Å². The fourth-order valence-electron chi connectivity index (χ4n) is 3.53. The molecule has 1 aromatic rings. The zero-order valence-corrected chi connectivity index (χ0v) is 14.6. The van der Waals surface area contributed by atoms with Crippen molar-refractivity contribution in [2.75, 3.05) is 26.3 Å². The molecule has 2 saturated heterocycles. The first-order valence-electron chi connectivity index (χ1n) is 9.06. The van der Waals surface area contributed by atoms with Crippen molar-refractivity contribution >= 4 is 17.8 Å². The average molecular weight is 360 g/mol. The molecule has 0 radical (unpaired) electrons. The third kappa shape index (κ3) is 4.22. The molecule has 0 bridgehead atoms. The third-order valence-electron chi connectivity index (χ3n) is 5.11. The number of likely N-dealkylation sites (tertiary alicyclic amines) is 1. The number of hydrogen-bond donors (Lipinski definition) is 2. The van der Waals surface area contributed by atoms with Crippen LogP contribution in [0, 0.1) is 5.92 Å². The van der Waals surface area contributed by atoms with E-state index in [0.29, 0.717) is 39.1 Å². The molecule has 2 amide bonds. The van der Waals surface area contributed by atoms with E-state index in [9.17, 15) is 19.5 Å². The number of carboxylic acid groups (broad SMARTS) is 1. The number of carboxylic acids is 1. The summed E-state index contributed by atoms with van der Waals surface area (Å²) >= 11 is 0. The van der Waals surface area contributed by atoms with Crippen LogP contribution in [-0.4, -0.2) is 60.1 Å². The van der Waals surface area contributed by atoms with E-state index < -0.39 is 5.97 Å². The van der Waals surface area contributed by atoms with Crippen LogP contribution in [0.5, 0.6) is 0 Å². The van der Waals surface area contributed by atoms with Crippen LogP contribution < -0.4 is 5.32 Å². The van der Waals surface area contributed by atoms with Gasteiger partial charge in [-0.25, -0.2) is 4.79 Å². The van der Waals surface area contributed by atoms with Gasteiger partial charge in [0.15, 0.2) is 0 Å². The summed E-state index contributed by atoms with van der Waals surface area (Å²) < 4.78 is 5.28. The molecule has 2 heterocycles. The van der Waals surface area contributed by atoms with E-state index >= 15 is 0 Å². The quantitative estimate of drug-likeness (QED) is 0.849. The number of benzene rings is 1. The molecule has 2 aliphatic rings. The molecule has 0 unspecified atom stereocenters. The third-order valence-corrected chi connectivity index (χ3v) is 5.11. The summed E-state index contributed by atoms with van der Waals surface area (Å²) in [4.78, 5) is 37.9. The van der Waals surface area contributed by atoms with Gasteiger partial charge in [-0.15, -0.1) is 0 Å². The van der Waals surface area contributed by atoms with Crippen molar-refractivity contribution in [1.82, 2.24) is 10.2 Å². The van der Waals surface area contributed by atoms with Gasteiger partial charge in [0.2, 0.25) is 5.91 Å². The number of piperidine rings is 1. The number of hydrogen-bond acceptors (Lipinski definition) is 4. The molecule has 0 aliphatic carbocycles. The van der Waals surface area contributed by atoms with Gasteiger partial charge >= 0.3 is 5.97 Å². The molecule has 0 saturated carbocycles. The summed E-state index contributed by atoms with van der Waals surface area (Å²) in [5.74, 6) is -1.27. The summed E-state index contributed by atoms with van der Waals surface area (Å²) in [6.45, 7) is 2.28. The number of carbonyl (C=O) groups excluding carboxylic acids is 2. The fourth-order valence-corrected chi connectivity index (χ4v) is 3.53. The minimum absolute atomic E-state index is 0.0193. The van der Waals surface area contributed by atoms with E-state index in [1.165, 1.54) is 6.07 Å². The Morgan fingerprint density at radius 2 is 1.62 bits per heavy atom. The van der Waals surface area contributed by atoms with Crippen LogP contribution in [-0.2, 0) is 9.53 Å². The average Bonchev–Trinajstić information content (AvgIpc) is 2.68. The standard InChI is InChI=1S/C19H24N2O5/c22-17(13-7-11-26-12-8-13)20-14-5-9-21(10-6-14)18(23)15-3-1-2-4-16(15)19(24)25/h1-4,13-14H,5-12H2,(H,20,22)(H,24,25). The Hall–Kier alpha value is -2.41. The van der Waals surface area contributed by atoms with Crippen molar-refractivity contribution in [2.45, 2.75) is 31.7 Å². The van der Waals surface area contributed by atoms with Gasteiger partial charge in [-0.05, 0) is 37.8 Å². The maximum Gasteiger partial charge on any atom is 0.336 e. The van der Waals surface area contributed by atoms with Gasteiger partial charge in [-0.3, -0.25) is 9.59 Å². The Kier molecular flexibility index (Phi) is 5.88. The van der Waals surface area contributed by atoms with Crippen LogP contribution in [0.1, 0.15) is 46.4 Å². The molecule has 7 heteroatoms. The zero-order valence-electron chi connectivity index (χ0n) is 14.6. The van der Waals surface area contributed by atoms with E-state index in [4.69, 9.17) is 4.74 Å². The van der Waals surface area contributed by atoms with Crippen LogP contribution in [0.2, 0.25) is 0 Å². The number of rotatable bonds is 4. The molecule has 3 rings (SSSR count). The molecule has 2 fully saturated rings. The molecular weight excluding hydrogens is 336 g/mol. The van der Waals surface area contributed by atoms with Gasteiger partial charge in [0, 0.05) is 38.3 Å². The predicted octanol–water partition coefficient (Wildman–Crippen LogP) is 1.53. The number of carbonyl (C=O) groups is 3. The molecule has 1 aromatic carbocycles. The van der Waals surface area contributed by atoms with Gasteiger partial charge < -0.3 is 20.1 Å². The highest BCUT2D eigenvalue weighted by molar-refractivity contribution is 6.04. The Bertz CT molecular complexity index is 676.